The molecule has 2 aromatic carbocycles. The first-order chi connectivity index (χ1) is 12.5. The second-order valence-electron chi connectivity index (χ2n) is 5.42. The number of rotatable bonds is 5. The van der Waals surface area contributed by atoms with Gasteiger partial charge in [-0.1, -0.05) is 16.8 Å². The molecule has 0 aliphatic carbocycles. The fourth-order valence-corrected chi connectivity index (χ4v) is 2.61. The molecule has 1 heterocycles. The van der Waals surface area contributed by atoms with Gasteiger partial charge in [0.2, 0.25) is 0 Å². The van der Waals surface area contributed by atoms with Crippen LogP contribution in [0.25, 0.3) is 11.3 Å². The normalized spacial score (nSPS) is 10.6. The van der Waals surface area contributed by atoms with E-state index in [1.165, 1.54) is 11.8 Å². The van der Waals surface area contributed by atoms with Crippen LogP contribution >= 0.6 is 11.6 Å². The van der Waals surface area contributed by atoms with Crippen LogP contribution in [-0.2, 0) is 18.4 Å². The Labute approximate surface area is 154 Å². The largest absolute Gasteiger partial charge is 0.465 e. The van der Waals surface area contributed by atoms with Crippen LogP contribution in [0.5, 0.6) is 11.5 Å². The summed E-state index contributed by atoms with van der Waals surface area (Å²) in [5.41, 5.74) is 2.27. The molecular weight excluding hydrogens is 358 g/mol. The molecule has 26 heavy (non-hydrogen) atoms. The number of nitrogens with zero attached hydrogens (tertiary/aromatic N) is 3. The average Bonchev–Trinajstić information content (AvgIpc) is 3.02. The van der Waals surface area contributed by atoms with Crippen LogP contribution in [0, 0.1) is 0 Å². The predicted octanol–water partition coefficient (Wildman–Crippen LogP) is 3.21. The van der Waals surface area contributed by atoms with Gasteiger partial charge in [0, 0.05) is 23.7 Å². The molecule has 0 unspecified atom stereocenters. The number of benzene rings is 2. The summed E-state index contributed by atoms with van der Waals surface area (Å²) in [6.45, 7) is -0.165. The lowest BCUT2D eigenvalue weighted by Gasteiger charge is -2.11. The molecule has 1 aromatic heterocycles. The molecular formula is C18H16ClN3O4. The topological polar surface area (TPSA) is 86.5 Å². The van der Waals surface area contributed by atoms with Crippen molar-refractivity contribution in [2.45, 2.75) is 6.61 Å². The van der Waals surface area contributed by atoms with Crippen molar-refractivity contribution in [3.05, 3.63) is 58.7 Å². The van der Waals surface area contributed by atoms with E-state index >= 15 is 0 Å². The van der Waals surface area contributed by atoms with Crippen LogP contribution in [0.1, 0.15) is 16.1 Å². The number of esters is 1. The summed E-state index contributed by atoms with van der Waals surface area (Å²) in [6.07, 6.45) is 0. The minimum atomic E-state index is -0.513. The molecule has 0 saturated carbocycles. The van der Waals surface area contributed by atoms with Crippen LogP contribution in [0.2, 0.25) is 5.02 Å². The Morgan fingerprint density at radius 2 is 1.96 bits per heavy atom. The third kappa shape index (κ3) is 3.54. The maximum Gasteiger partial charge on any atom is 0.341 e. The van der Waals surface area contributed by atoms with Crippen molar-refractivity contribution in [2.24, 2.45) is 7.05 Å². The number of aryl methyl sites for hydroxylation is 1. The first kappa shape index (κ1) is 17.9. The van der Waals surface area contributed by atoms with E-state index in [1.807, 2.05) is 0 Å². The Bertz CT molecular complexity index is 938. The summed E-state index contributed by atoms with van der Waals surface area (Å²) in [7, 11) is 3.02. The van der Waals surface area contributed by atoms with E-state index in [0.29, 0.717) is 27.9 Å². The van der Waals surface area contributed by atoms with Crippen molar-refractivity contribution < 1.29 is 19.4 Å². The van der Waals surface area contributed by atoms with E-state index < -0.39 is 5.97 Å². The fraction of sp³-hybridized carbons (Fsp3) is 0.167. The number of aromatic nitrogens is 3. The molecule has 0 fully saturated rings. The first-order valence-corrected chi connectivity index (χ1v) is 8.07. The van der Waals surface area contributed by atoms with Crippen LogP contribution in [0.15, 0.2) is 42.5 Å². The minimum absolute atomic E-state index is 0.165. The zero-order valence-electron chi connectivity index (χ0n) is 14.1. The molecule has 0 saturated heterocycles. The standard InChI is InChI=1S/C18H16ClN3O4/c1-22-15(10-23)17(20-21-22)11-3-6-13(7-4-11)26-16-9-12(19)5-8-14(16)18(24)25-2/h3-9,23H,10H2,1-2H3. The highest BCUT2D eigenvalue weighted by molar-refractivity contribution is 6.30. The summed E-state index contributed by atoms with van der Waals surface area (Å²) < 4.78 is 12.1. The van der Waals surface area contributed by atoms with Crippen molar-refractivity contribution in [1.29, 1.82) is 0 Å². The molecule has 134 valence electrons. The summed E-state index contributed by atoms with van der Waals surface area (Å²) in [6, 6.07) is 11.7. The molecule has 8 heteroatoms. The van der Waals surface area contributed by atoms with Gasteiger partial charge < -0.3 is 14.6 Å². The second-order valence-corrected chi connectivity index (χ2v) is 5.86. The highest BCUT2D eigenvalue weighted by Gasteiger charge is 2.15. The van der Waals surface area contributed by atoms with Crippen LogP contribution in [-0.4, -0.2) is 33.2 Å². The van der Waals surface area contributed by atoms with Gasteiger partial charge in [-0.2, -0.15) is 0 Å². The highest BCUT2D eigenvalue weighted by atomic mass is 35.5. The Kier molecular flexibility index (Phi) is 5.20. The number of carbonyl (C=O) groups is 1. The van der Waals surface area contributed by atoms with E-state index in [4.69, 9.17) is 21.1 Å². The Morgan fingerprint density at radius 1 is 1.23 bits per heavy atom. The number of hydrogen-bond acceptors (Lipinski definition) is 6. The highest BCUT2D eigenvalue weighted by Crippen LogP contribution is 2.30. The Morgan fingerprint density at radius 3 is 2.62 bits per heavy atom. The second kappa shape index (κ2) is 7.55. The van der Waals surface area contributed by atoms with Crippen LogP contribution < -0.4 is 4.74 Å². The van der Waals surface area contributed by atoms with E-state index in [9.17, 15) is 9.90 Å². The van der Waals surface area contributed by atoms with E-state index in [0.717, 1.165) is 5.56 Å². The molecule has 0 aliphatic rings. The third-order valence-corrected chi connectivity index (χ3v) is 4.03. The number of halogens is 1. The summed E-state index contributed by atoms with van der Waals surface area (Å²) in [5, 5.41) is 17.9. The maximum absolute atomic E-state index is 11.9. The molecule has 3 aromatic rings. The molecule has 0 amide bonds. The van der Waals surface area contributed by atoms with E-state index in [2.05, 4.69) is 10.3 Å². The molecule has 3 rings (SSSR count). The van der Waals surface area contributed by atoms with Gasteiger partial charge in [0.05, 0.1) is 19.4 Å². The van der Waals surface area contributed by atoms with Crippen molar-refractivity contribution >= 4 is 17.6 Å². The molecule has 7 nitrogen and oxygen atoms in total. The number of ether oxygens (including phenoxy) is 2. The maximum atomic E-state index is 11.9. The zero-order chi connectivity index (χ0) is 18.7. The molecule has 0 spiro atoms. The molecule has 0 radical (unpaired) electrons. The minimum Gasteiger partial charge on any atom is -0.465 e. The van der Waals surface area contributed by atoms with Gasteiger partial charge >= 0.3 is 5.97 Å². The van der Waals surface area contributed by atoms with Gasteiger partial charge in [-0.25, -0.2) is 9.48 Å². The van der Waals surface area contributed by atoms with Gasteiger partial charge in [-0.15, -0.1) is 5.10 Å². The SMILES string of the molecule is COC(=O)c1ccc(Cl)cc1Oc1ccc(-c2nnn(C)c2CO)cc1. The number of methoxy groups -OCH3 is 1. The van der Waals surface area contributed by atoms with Gasteiger partial charge in [0.1, 0.15) is 22.8 Å². The third-order valence-electron chi connectivity index (χ3n) is 3.80. The lowest BCUT2D eigenvalue weighted by Crippen LogP contribution is -2.03. The molecule has 0 bridgehead atoms. The number of hydrogen-bond donors (Lipinski definition) is 1. The van der Waals surface area contributed by atoms with Crippen molar-refractivity contribution in [1.82, 2.24) is 15.0 Å². The van der Waals surface area contributed by atoms with Crippen molar-refractivity contribution in [2.75, 3.05) is 7.11 Å². The summed E-state index contributed by atoms with van der Waals surface area (Å²) in [5.74, 6) is 0.295. The van der Waals surface area contributed by atoms with Crippen LogP contribution in [0.4, 0.5) is 0 Å². The molecule has 0 aliphatic heterocycles. The quantitative estimate of drug-likeness (QED) is 0.691. The number of aliphatic hydroxyl groups excluding tert-OH is 1. The number of carbonyl (C=O) groups excluding carboxylic acids is 1. The smallest absolute Gasteiger partial charge is 0.341 e. The summed E-state index contributed by atoms with van der Waals surface area (Å²) >= 11 is 6.00. The van der Waals surface area contributed by atoms with Gasteiger partial charge in [-0.05, 0) is 36.4 Å². The van der Waals surface area contributed by atoms with Crippen molar-refractivity contribution in [3.8, 4) is 22.8 Å². The van der Waals surface area contributed by atoms with E-state index in [-0.39, 0.29) is 12.2 Å². The van der Waals surface area contributed by atoms with Gasteiger partial charge in [0.25, 0.3) is 0 Å². The lowest BCUT2D eigenvalue weighted by atomic mass is 10.1. The zero-order valence-corrected chi connectivity index (χ0v) is 14.9. The van der Waals surface area contributed by atoms with Crippen molar-refractivity contribution in [3.63, 3.8) is 0 Å². The van der Waals surface area contributed by atoms with Crippen LogP contribution in [0.3, 0.4) is 0 Å². The van der Waals surface area contributed by atoms with Gasteiger partial charge in [-0.3, -0.25) is 0 Å². The summed E-state index contributed by atoms with van der Waals surface area (Å²) in [4.78, 5) is 11.9. The monoisotopic (exact) mass is 373 g/mol. The first-order valence-electron chi connectivity index (χ1n) is 7.69. The lowest BCUT2D eigenvalue weighted by molar-refractivity contribution is 0.0598. The fourth-order valence-electron chi connectivity index (χ4n) is 2.45. The molecule has 1 N–H and O–H groups in total. The van der Waals surface area contributed by atoms with E-state index in [1.54, 1.807) is 49.5 Å². The molecule has 0 atom stereocenters. The Balaban J connectivity index is 1.89. The van der Waals surface area contributed by atoms with Gasteiger partial charge in [0.15, 0.2) is 0 Å². The predicted molar refractivity (Wildman–Crippen MR) is 95.2 cm³/mol. The average molecular weight is 374 g/mol. The number of aliphatic hydroxyl groups is 1. The Hall–Kier alpha value is -2.90.